The normalized spacial score (nSPS) is 10.8. The summed E-state index contributed by atoms with van der Waals surface area (Å²) in [4.78, 5) is 20.7. The number of carboxylic acid groups (broad SMARTS) is 2. The van der Waals surface area contributed by atoms with Crippen molar-refractivity contribution in [1.82, 2.24) is 0 Å². The van der Waals surface area contributed by atoms with Gasteiger partial charge in [-0.15, -0.1) is 0 Å². The quantitative estimate of drug-likeness (QED) is 0.281. The Morgan fingerprint density at radius 3 is 1.76 bits per heavy atom. The van der Waals surface area contributed by atoms with Crippen LogP contribution in [0.25, 0.3) is 0 Å². The number of rotatable bonds is 14. The first-order chi connectivity index (χ1) is 11.9. The lowest BCUT2D eigenvalue weighted by Gasteiger charge is -2.00. The van der Waals surface area contributed by atoms with Gasteiger partial charge >= 0.3 is 11.9 Å². The summed E-state index contributed by atoms with van der Waals surface area (Å²) in [7, 11) is 0. The van der Waals surface area contributed by atoms with Gasteiger partial charge in [-0.05, 0) is 32.6 Å². The van der Waals surface area contributed by atoms with Gasteiger partial charge in [0.25, 0.3) is 0 Å². The third-order valence-electron chi connectivity index (χ3n) is 3.98. The lowest BCUT2D eigenvalue weighted by molar-refractivity contribution is -0.133. The van der Waals surface area contributed by atoms with Crippen LogP contribution in [-0.2, 0) is 9.59 Å². The molecule has 0 rings (SSSR count). The van der Waals surface area contributed by atoms with E-state index in [1.165, 1.54) is 44.9 Å². The molecule has 0 aromatic heterocycles. The number of hydrogen-bond acceptors (Lipinski definition) is 2. The van der Waals surface area contributed by atoms with Crippen LogP contribution in [0.15, 0.2) is 23.8 Å². The van der Waals surface area contributed by atoms with E-state index >= 15 is 0 Å². The van der Waals surface area contributed by atoms with Gasteiger partial charge in [0.1, 0.15) is 0 Å². The van der Waals surface area contributed by atoms with Crippen LogP contribution in [0.5, 0.6) is 0 Å². The molecule has 0 unspecified atom stereocenters. The lowest BCUT2D eigenvalue weighted by atomic mass is 10.1. The van der Waals surface area contributed by atoms with Gasteiger partial charge < -0.3 is 10.2 Å². The van der Waals surface area contributed by atoms with Crippen molar-refractivity contribution in [3.8, 4) is 0 Å². The molecular weight excluding hydrogens is 316 g/mol. The molecule has 2 N–H and O–H groups in total. The van der Waals surface area contributed by atoms with Crippen LogP contribution in [0.2, 0.25) is 0 Å². The van der Waals surface area contributed by atoms with Crippen molar-refractivity contribution in [3.63, 3.8) is 0 Å². The summed E-state index contributed by atoms with van der Waals surface area (Å²) in [6.07, 6.45) is 15.3. The van der Waals surface area contributed by atoms with E-state index in [0.717, 1.165) is 25.7 Å². The van der Waals surface area contributed by atoms with Crippen LogP contribution in [0, 0.1) is 0 Å². The Kier molecular flexibility index (Phi) is 19.2. The van der Waals surface area contributed by atoms with Crippen LogP contribution in [0.4, 0.5) is 0 Å². The summed E-state index contributed by atoms with van der Waals surface area (Å²) < 4.78 is 0. The summed E-state index contributed by atoms with van der Waals surface area (Å²) in [5.74, 6) is -1.65. The predicted molar refractivity (Wildman–Crippen MR) is 105 cm³/mol. The molecule has 0 aromatic carbocycles. The average molecular weight is 355 g/mol. The molecular formula is C21H38O4. The summed E-state index contributed by atoms with van der Waals surface area (Å²) in [5, 5.41) is 17.0. The van der Waals surface area contributed by atoms with Crippen LogP contribution >= 0.6 is 0 Å². The van der Waals surface area contributed by atoms with Gasteiger partial charge in [-0.3, -0.25) is 0 Å². The van der Waals surface area contributed by atoms with E-state index in [1.54, 1.807) is 13.0 Å². The standard InChI is InChI=1S/C11H20O2.C10H18O2/c1-3-4-5-6-7-8-9-10(2)11(12)13;1-3-4-5-6-7-8-9(2)10(11)12/h2-9H2,1H3,(H,12,13);8H,3-7H2,1-2H3,(H,11,12)/b;9-8+. The minimum absolute atomic E-state index is 0.343. The number of unbranched alkanes of at least 4 members (excludes halogenated alkanes) is 9. The van der Waals surface area contributed by atoms with E-state index in [4.69, 9.17) is 10.2 Å². The minimum Gasteiger partial charge on any atom is -0.478 e. The zero-order valence-corrected chi connectivity index (χ0v) is 16.5. The first kappa shape index (κ1) is 25.7. The van der Waals surface area contributed by atoms with Crippen LogP contribution < -0.4 is 0 Å². The number of carbonyl (C=O) groups is 2. The molecule has 0 spiro atoms. The van der Waals surface area contributed by atoms with Gasteiger partial charge in [-0.25, -0.2) is 9.59 Å². The predicted octanol–water partition coefficient (Wildman–Crippen LogP) is 6.37. The number of allylic oxidation sites excluding steroid dienone is 1. The average Bonchev–Trinajstić information content (AvgIpc) is 2.57. The Hall–Kier alpha value is -1.58. The zero-order chi connectivity index (χ0) is 19.5. The second-order valence-electron chi connectivity index (χ2n) is 6.47. The fraction of sp³-hybridized carbons (Fsp3) is 0.714. The Labute approximate surface area is 154 Å². The monoisotopic (exact) mass is 354 g/mol. The first-order valence-corrected chi connectivity index (χ1v) is 9.67. The smallest absolute Gasteiger partial charge is 0.330 e. The topological polar surface area (TPSA) is 74.6 Å². The van der Waals surface area contributed by atoms with Crippen molar-refractivity contribution in [3.05, 3.63) is 23.8 Å². The molecule has 0 aliphatic heterocycles. The third-order valence-corrected chi connectivity index (χ3v) is 3.98. The second kappa shape index (κ2) is 18.8. The first-order valence-electron chi connectivity index (χ1n) is 9.67. The van der Waals surface area contributed by atoms with Gasteiger partial charge in [-0.1, -0.05) is 77.9 Å². The Morgan fingerprint density at radius 2 is 1.28 bits per heavy atom. The van der Waals surface area contributed by atoms with Crippen molar-refractivity contribution in [2.24, 2.45) is 0 Å². The molecule has 25 heavy (non-hydrogen) atoms. The molecule has 0 aromatic rings. The van der Waals surface area contributed by atoms with E-state index < -0.39 is 11.9 Å². The zero-order valence-electron chi connectivity index (χ0n) is 16.5. The molecule has 146 valence electrons. The Morgan fingerprint density at radius 1 is 0.800 bits per heavy atom. The molecule has 0 atom stereocenters. The largest absolute Gasteiger partial charge is 0.478 e. The SMILES string of the molecule is C=C(CCCCCCCC)C(=O)O.CCCCCC/C=C(\C)C(=O)O. The number of carboxylic acids is 2. The summed E-state index contributed by atoms with van der Waals surface area (Å²) in [6, 6.07) is 0. The van der Waals surface area contributed by atoms with Crippen LogP contribution in [0.1, 0.15) is 97.8 Å². The lowest BCUT2D eigenvalue weighted by Crippen LogP contribution is -1.98. The highest BCUT2D eigenvalue weighted by molar-refractivity contribution is 5.86. The molecule has 0 aliphatic rings. The van der Waals surface area contributed by atoms with Gasteiger partial charge in [0.05, 0.1) is 0 Å². The highest BCUT2D eigenvalue weighted by atomic mass is 16.4. The molecule has 0 aliphatic carbocycles. The van der Waals surface area contributed by atoms with Crippen molar-refractivity contribution in [2.45, 2.75) is 97.8 Å². The fourth-order valence-corrected chi connectivity index (χ4v) is 2.20. The molecule has 4 heteroatoms. The highest BCUT2D eigenvalue weighted by Gasteiger charge is 2.02. The fourth-order valence-electron chi connectivity index (χ4n) is 2.20. The number of hydrogen-bond donors (Lipinski definition) is 2. The summed E-state index contributed by atoms with van der Waals surface area (Å²) >= 11 is 0. The van der Waals surface area contributed by atoms with E-state index in [1.807, 2.05) is 0 Å². The van der Waals surface area contributed by atoms with E-state index in [2.05, 4.69) is 20.4 Å². The van der Waals surface area contributed by atoms with Gasteiger partial charge in [0.15, 0.2) is 0 Å². The Balaban J connectivity index is 0. The van der Waals surface area contributed by atoms with Crippen molar-refractivity contribution in [1.29, 1.82) is 0 Å². The molecule has 0 fully saturated rings. The maximum Gasteiger partial charge on any atom is 0.330 e. The molecule has 0 saturated carbocycles. The summed E-state index contributed by atoms with van der Waals surface area (Å²) in [6.45, 7) is 9.48. The molecule has 0 saturated heterocycles. The Bertz CT molecular complexity index is 397. The van der Waals surface area contributed by atoms with Crippen LogP contribution in [-0.4, -0.2) is 22.2 Å². The van der Waals surface area contributed by atoms with Crippen molar-refractivity contribution in [2.75, 3.05) is 0 Å². The van der Waals surface area contributed by atoms with Gasteiger partial charge in [0.2, 0.25) is 0 Å². The maximum absolute atomic E-state index is 10.4. The van der Waals surface area contributed by atoms with Crippen molar-refractivity contribution < 1.29 is 19.8 Å². The molecule has 0 amide bonds. The highest BCUT2D eigenvalue weighted by Crippen LogP contribution is 2.10. The van der Waals surface area contributed by atoms with Gasteiger partial charge in [0, 0.05) is 11.1 Å². The number of aliphatic carboxylic acids is 2. The third kappa shape index (κ3) is 20.4. The molecule has 0 heterocycles. The van der Waals surface area contributed by atoms with E-state index in [9.17, 15) is 9.59 Å². The van der Waals surface area contributed by atoms with E-state index in [-0.39, 0.29) is 0 Å². The molecule has 0 radical (unpaired) electrons. The maximum atomic E-state index is 10.4. The molecule has 4 nitrogen and oxygen atoms in total. The summed E-state index contributed by atoms with van der Waals surface area (Å²) in [5.41, 5.74) is 0.807. The van der Waals surface area contributed by atoms with Crippen molar-refractivity contribution >= 4 is 11.9 Å². The van der Waals surface area contributed by atoms with Crippen LogP contribution in [0.3, 0.4) is 0 Å². The molecule has 0 bridgehead atoms. The second-order valence-corrected chi connectivity index (χ2v) is 6.47. The minimum atomic E-state index is -0.853. The van der Waals surface area contributed by atoms with E-state index in [0.29, 0.717) is 17.6 Å². The van der Waals surface area contributed by atoms with Gasteiger partial charge in [-0.2, -0.15) is 0 Å².